The maximum Gasteiger partial charge on any atom is 0.262 e. The third kappa shape index (κ3) is 2.86. The van der Waals surface area contributed by atoms with Crippen LogP contribution in [0.2, 0.25) is 0 Å². The van der Waals surface area contributed by atoms with Gasteiger partial charge in [-0.3, -0.25) is 19.4 Å². The maximum absolute atomic E-state index is 12.2. The first-order valence-corrected chi connectivity index (χ1v) is 6.94. The van der Waals surface area contributed by atoms with Crippen LogP contribution in [0.25, 0.3) is 5.57 Å². The van der Waals surface area contributed by atoms with Gasteiger partial charge in [0.05, 0.1) is 18.7 Å². The number of nitrogens with two attached hydrogens (primary N) is 1. The van der Waals surface area contributed by atoms with E-state index in [1.807, 2.05) is 0 Å². The molecule has 24 heavy (non-hydrogen) atoms. The van der Waals surface area contributed by atoms with E-state index in [9.17, 15) is 14.4 Å². The van der Waals surface area contributed by atoms with Crippen LogP contribution in [0.4, 0.5) is 11.6 Å². The molecular formula is C15H13N5O4. The van der Waals surface area contributed by atoms with Crippen LogP contribution in [0, 0.1) is 0 Å². The molecule has 0 aliphatic carbocycles. The van der Waals surface area contributed by atoms with Gasteiger partial charge < -0.3 is 15.8 Å². The molecule has 0 radical (unpaired) electrons. The summed E-state index contributed by atoms with van der Waals surface area (Å²) >= 11 is 0. The van der Waals surface area contributed by atoms with Gasteiger partial charge in [0, 0.05) is 11.3 Å². The standard InChI is InChI=1S/C15H13N5O4/c1-24-8-4-2-7(3-5-8)17-15-19-13-11(14(23)20-15)9(12(16)22)6-10(21)18-13/h2-5H,6H2,1H3,(H2,16,22)(H2,17,18,19,20,21,23). The van der Waals surface area contributed by atoms with Crippen molar-refractivity contribution in [3.8, 4) is 5.75 Å². The van der Waals surface area contributed by atoms with E-state index in [1.165, 1.54) is 0 Å². The Labute approximate surface area is 134 Å². The first-order chi connectivity index (χ1) is 11.5. The lowest BCUT2D eigenvalue weighted by Gasteiger charge is -2.08. The van der Waals surface area contributed by atoms with E-state index in [-0.39, 0.29) is 28.6 Å². The third-order valence-corrected chi connectivity index (χ3v) is 3.41. The molecule has 4 N–H and O–H groups in total. The molecule has 2 aromatic rings. The minimum absolute atomic E-state index is 0.0672. The number of primary amides is 1. The van der Waals surface area contributed by atoms with Gasteiger partial charge in [-0.2, -0.15) is 9.98 Å². The SMILES string of the molecule is COc1ccc(Nc2nc3c(c(=O)[nH]2)=C(C(N)=O)CC(=O)N=3)cc1. The number of nitrogens with one attached hydrogen (secondary N) is 2. The van der Waals surface area contributed by atoms with Crippen LogP contribution in [0.5, 0.6) is 5.75 Å². The molecular weight excluding hydrogens is 314 g/mol. The number of amides is 2. The number of methoxy groups -OCH3 is 1. The highest BCUT2D eigenvalue weighted by Crippen LogP contribution is 2.16. The minimum Gasteiger partial charge on any atom is -0.497 e. The molecule has 1 aliphatic heterocycles. The number of anilines is 2. The van der Waals surface area contributed by atoms with Crippen molar-refractivity contribution in [1.82, 2.24) is 9.97 Å². The van der Waals surface area contributed by atoms with Crippen LogP contribution >= 0.6 is 0 Å². The van der Waals surface area contributed by atoms with Gasteiger partial charge in [-0.15, -0.1) is 0 Å². The molecule has 0 saturated carbocycles. The lowest BCUT2D eigenvalue weighted by molar-refractivity contribution is -0.119. The summed E-state index contributed by atoms with van der Waals surface area (Å²) in [6.45, 7) is 0. The van der Waals surface area contributed by atoms with Gasteiger partial charge in [0.25, 0.3) is 11.5 Å². The number of aromatic amines is 1. The zero-order valence-electron chi connectivity index (χ0n) is 12.6. The number of hydrogen-bond acceptors (Lipinski definition) is 6. The number of H-pyrrole nitrogens is 1. The summed E-state index contributed by atoms with van der Waals surface area (Å²) < 4.78 is 5.06. The fourth-order valence-corrected chi connectivity index (χ4v) is 2.29. The normalized spacial score (nSPS) is 13.0. The van der Waals surface area contributed by atoms with Gasteiger partial charge in [-0.05, 0) is 24.3 Å². The van der Waals surface area contributed by atoms with Crippen molar-refractivity contribution < 1.29 is 14.3 Å². The highest BCUT2D eigenvalue weighted by Gasteiger charge is 2.20. The van der Waals surface area contributed by atoms with Crippen molar-refractivity contribution in [2.45, 2.75) is 6.42 Å². The molecule has 1 aromatic carbocycles. The number of rotatable bonds is 4. The smallest absolute Gasteiger partial charge is 0.262 e. The summed E-state index contributed by atoms with van der Waals surface area (Å²) in [7, 11) is 1.55. The molecule has 0 fully saturated rings. The Kier molecular flexibility index (Phi) is 3.82. The predicted molar refractivity (Wildman–Crippen MR) is 84.1 cm³/mol. The van der Waals surface area contributed by atoms with Crippen LogP contribution in [0.15, 0.2) is 34.1 Å². The Hall–Kier alpha value is -3.49. The Morgan fingerprint density at radius 3 is 2.62 bits per heavy atom. The van der Waals surface area contributed by atoms with Crippen LogP contribution in [0.3, 0.4) is 0 Å². The van der Waals surface area contributed by atoms with Gasteiger partial charge in [0.1, 0.15) is 5.75 Å². The molecule has 0 unspecified atom stereocenters. The van der Waals surface area contributed by atoms with E-state index in [1.54, 1.807) is 31.4 Å². The molecule has 1 aromatic heterocycles. The van der Waals surface area contributed by atoms with Crippen LogP contribution < -0.4 is 32.1 Å². The van der Waals surface area contributed by atoms with Crippen molar-refractivity contribution in [3.63, 3.8) is 0 Å². The molecule has 9 heteroatoms. The van der Waals surface area contributed by atoms with E-state index in [0.717, 1.165) is 0 Å². The molecule has 0 saturated heterocycles. The van der Waals surface area contributed by atoms with E-state index in [4.69, 9.17) is 10.5 Å². The number of hydrogen-bond donors (Lipinski definition) is 3. The van der Waals surface area contributed by atoms with Gasteiger partial charge in [0.2, 0.25) is 11.9 Å². The number of aromatic nitrogens is 2. The van der Waals surface area contributed by atoms with Crippen molar-refractivity contribution in [3.05, 3.63) is 45.3 Å². The van der Waals surface area contributed by atoms with Crippen molar-refractivity contribution in [1.29, 1.82) is 0 Å². The number of carbonyl (C=O) groups is 2. The van der Waals surface area contributed by atoms with Crippen LogP contribution in [-0.4, -0.2) is 28.9 Å². The second kappa shape index (κ2) is 5.95. The summed E-state index contributed by atoms with van der Waals surface area (Å²) in [6.07, 6.45) is -0.307. The van der Waals surface area contributed by atoms with E-state index in [2.05, 4.69) is 20.3 Å². The average Bonchev–Trinajstić information content (AvgIpc) is 2.54. The molecule has 1 aliphatic rings. The first kappa shape index (κ1) is 15.4. The fraction of sp³-hybridized carbons (Fsp3) is 0.133. The highest BCUT2D eigenvalue weighted by atomic mass is 16.5. The highest BCUT2D eigenvalue weighted by molar-refractivity contribution is 6.17. The van der Waals surface area contributed by atoms with Crippen molar-refractivity contribution in [2.24, 2.45) is 10.7 Å². The van der Waals surface area contributed by atoms with Crippen molar-refractivity contribution >= 4 is 29.0 Å². The Balaban J connectivity index is 2.08. The summed E-state index contributed by atoms with van der Waals surface area (Å²) in [4.78, 5) is 45.6. The molecule has 2 amide bonds. The fourth-order valence-electron chi connectivity index (χ4n) is 2.29. The molecule has 0 atom stereocenters. The van der Waals surface area contributed by atoms with E-state index in [0.29, 0.717) is 11.4 Å². The number of ether oxygens (including phenoxy) is 1. The zero-order chi connectivity index (χ0) is 17.3. The summed E-state index contributed by atoms with van der Waals surface area (Å²) in [5.74, 6) is -0.660. The number of fused-ring (bicyclic) bond motifs is 1. The number of benzene rings is 1. The Bertz CT molecular complexity index is 1010. The summed E-state index contributed by atoms with van der Waals surface area (Å²) in [5.41, 5.74) is 5.05. The molecule has 0 bridgehead atoms. The van der Waals surface area contributed by atoms with Crippen LogP contribution in [0.1, 0.15) is 6.42 Å². The van der Waals surface area contributed by atoms with Gasteiger partial charge >= 0.3 is 0 Å². The minimum atomic E-state index is -0.845. The molecule has 3 rings (SSSR count). The lowest BCUT2D eigenvalue weighted by atomic mass is 10.1. The van der Waals surface area contributed by atoms with E-state index >= 15 is 0 Å². The quantitative estimate of drug-likeness (QED) is 0.638. The van der Waals surface area contributed by atoms with Crippen molar-refractivity contribution in [2.75, 3.05) is 12.4 Å². The Morgan fingerprint density at radius 1 is 1.29 bits per heavy atom. The van der Waals surface area contributed by atoms with Crippen LogP contribution in [-0.2, 0) is 9.59 Å². The monoisotopic (exact) mass is 327 g/mol. The molecule has 0 spiro atoms. The summed E-state index contributed by atoms with van der Waals surface area (Å²) in [6, 6.07) is 6.90. The van der Waals surface area contributed by atoms with Gasteiger partial charge in [0.15, 0.2) is 5.49 Å². The summed E-state index contributed by atoms with van der Waals surface area (Å²) in [5, 5.41) is 2.82. The van der Waals surface area contributed by atoms with Gasteiger partial charge in [-0.25, -0.2) is 0 Å². The van der Waals surface area contributed by atoms with E-state index < -0.39 is 17.4 Å². The maximum atomic E-state index is 12.2. The predicted octanol–water partition coefficient (Wildman–Crippen LogP) is -1.29. The lowest BCUT2D eigenvalue weighted by Crippen LogP contribution is -2.49. The number of nitrogens with zero attached hydrogens (tertiary/aromatic N) is 2. The first-order valence-electron chi connectivity index (χ1n) is 6.94. The molecule has 9 nitrogen and oxygen atoms in total. The van der Waals surface area contributed by atoms with Gasteiger partial charge in [-0.1, -0.05) is 0 Å². The number of carbonyl (C=O) groups excluding carboxylic acids is 2. The molecule has 122 valence electrons. The second-order valence-electron chi connectivity index (χ2n) is 4.99. The largest absolute Gasteiger partial charge is 0.497 e. The third-order valence-electron chi connectivity index (χ3n) is 3.41. The Morgan fingerprint density at radius 2 is 2.00 bits per heavy atom. The average molecular weight is 327 g/mol. The second-order valence-corrected chi connectivity index (χ2v) is 4.99. The topological polar surface area (TPSA) is 140 Å². The molecule has 2 heterocycles. The zero-order valence-corrected chi connectivity index (χ0v) is 12.6.